The first-order valence-electron chi connectivity index (χ1n) is 8.30. The number of rotatable bonds is 5. The van der Waals surface area contributed by atoms with Gasteiger partial charge in [0.1, 0.15) is 6.61 Å². The van der Waals surface area contributed by atoms with Crippen molar-refractivity contribution in [3.05, 3.63) is 90.3 Å². The molecule has 4 aromatic rings. The minimum Gasteiger partial charge on any atom is -0.485 e. The van der Waals surface area contributed by atoms with Crippen LogP contribution in [0.2, 0.25) is 0 Å². The molecule has 0 fully saturated rings. The smallest absolute Gasteiger partial charge is 0.256 e. The fraction of sp³-hybridized carbons (Fsp3) is 0.0476. The molecule has 0 aliphatic heterocycles. The van der Waals surface area contributed by atoms with Gasteiger partial charge in [0.25, 0.3) is 5.91 Å². The standard InChI is InChI=1S/C21H17N3O2/c25-21(17-9-8-16-10-12-22-18(16)13-17)24-20-19(7-4-11-23-20)26-14-15-5-2-1-3-6-15/h1-13,22H,14H2,(H,23,24,25). The number of hydrogen-bond donors (Lipinski definition) is 2. The third kappa shape index (κ3) is 3.42. The van der Waals surface area contributed by atoms with E-state index in [2.05, 4.69) is 15.3 Å². The van der Waals surface area contributed by atoms with Crippen LogP contribution in [0.15, 0.2) is 79.1 Å². The Morgan fingerprint density at radius 1 is 1.04 bits per heavy atom. The third-order valence-electron chi connectivity index (χ3n) is 4.06. The number of carbonyl (C=O) groups is 1. The lowest BCUT2D eigenvalue weighted by atomic mass is 10.1. The quantitative estimate of drug-likeness (QED) is 0.564. The Morgan fingerprint density at radius 3 is 2.81 bits per heavy atom. The maximum Gasteiger partial charge on any atom is 0.256 e. The number of anilines is 1. The first-order valence-corrected chi connectivity index (χ1v) is 8.30. The van der Waals surface area contributed by atoms with E-state index in [1.165, 1.54) is 0 Å². The third-order valence-corrected chi connectivity index (χ3v) is 4.06. The molecular weight excluding hydrogens is 326 g/mol. The first kappa shape index (κ1) is 15.9. The van der Waals surface area contributed by atoms with Crippen LogP contribution in [0, 0.1) is 0 Å². The summed E-state index contributed by atoms with van der Waals surface area (Å²) in [5, 5.41) is 3.89. The van der Waals surface area contributed by atoms with Crippen molar-refractivity contribution in [2.24, 2.45) is 0 Å². The fourth-order valence-corrected chi connectivity index (χ4v) is 2.71. The molecular formula is C21H17N3O2. The molecule has 26 heavy (non-hydrogen) atoms. The zero-order chi connectivity index (χ0) is 17.8. The van der Waals surface area contributed by atoms with Crippen molar-refractivity contribution in [1.82, 2.24) is 9.97 Å². The Bertz CT molecular complexity index is 1040. The number of H-pyrrole nitrogens is 1. The number of benzene rings is 2. The van der Waals surface area contributed by atoms with E-state index in [1.54, 1.807) is 24.4 Å². The van der Waals surface area contributed by atoms with Gasteiger partial charge in [0.05, 0.1) is 0 Å². The molecule has 0 saturated heterocycles. The second kappa shape index (κ2) is 7.11. The van der Waals surface area contributed by atoms with Gasteiger partial charge < -0.3 is 15.0 Å². The minimum atomic E-state index is -0.232. The Kier molecular flexibility index (Phi) is 4.35. The molecule has 0 aliphatic carbocycles. The number of amides is 1. The highest BCUT2D eigenvalue weighted by atomic mass is 16.5. The van der Waals surface area contributed by atoms with E-state index in [1.807, 2.05) is 54.7 Å². The molecule has 128 valence electrons. The lowest BCUT2D eigenvalue weighted by Crippen LogP contribution is -2.14. The molecule has 0 atom stereocenters. The Labute approximate surface area is 150 Å². The lowest BCUT2D eigenvalue weighted by Gasteiger charge is -2.11. The number of aromatic amines is 1. The number of carbonyl (C=O) groups excluding carboxylic acids is 1. The lowest BCUT2D eigenvalue weighted by molar-refractivity contribution is 0.102. The molecule has 0 unspecified atom stereocenters. The Hall–Kier alpha value is -3.60. The van der Waals surface area contributed by atoms with Crippen LogP contribution in [-0.2, 0) is 6.61 Å². The van der Waals surface area contributed by atoms with E-state index in [-0.39, 0.29) is 5.91 Å². The highest BCUT2D eigenvalue weighted by Crippen LogP contribution is 2.23. The molecule has 2 aromatic carbocycles. The fourth-order valence-electron chi connectivity index (χ4n) is 2.71. The van der Waals surface area contributed by atoms with Crippen LogP contribution < -0.4 is 10.1 Å². The van der Waals surface area contributed by atoms with Crippen molar-refractivity contribution < 1.29 is 9.53 Å². The van der Waals surface area contributed by atoms with Crippen molar-refractivity contribution in [3.63, 3.8) is 0 Å². The topological polar surface area (TPSA) is 67.0 Å². The number of ether oxygens (including phenoxy) is 1. The van der Waals surface area contributed by atoms with Crippen molar-refractivity contribution >= 4 is 22.6 Å². The Balaban J connectivity index is 1.51. The average molecular weight is 343 g/mol. The summed E-state index contributed by atoms with van der Waals surface area (Å²) < 4.78 is 5.83. The van der Waals surface area contributed by atoms with Gasteiger partial charge in [-0.1, -0.05) is 36.4 Å². The molecule has 2 aromatic heterocycles. The van der Waals surface area contributed by atoms with Crippen LogP contribution in [0.4, 0.5) is 5.82 Å². The molecule has 2 heterocycles. The van der Waals surface area contributed by atoms with Gasteiger partial charge in [0.15, 0.2) is 11.6 Å². The second-order valence-corrected chi connectivity index (χ2v) is 5.86. The van der Waals surface area contributed by atoms with Crippen molar-refractivity contribution in [2.75, 3.05) is 5.32 Å². The molecule has 0 bridgehead atoms. The van der Waals surface area contributed by atoms with E-state index in [0.29, 0.717) is 23.7 Å². The van der Waals surface area contributed by atoms with E-state index >= 15 is 0 Å². The summed E-state index contributed by atoms with van der Waals surface area (Å²) in [6, 6.07) is 20.9. The van der Waals surface area contributed by atoms with Gasteiger partial charge in [-0.3, -0.25) is 4.79 Å². The van der Waals surface area contributed by atoms with Crippen LogP contribution in [0.5, 0.6) is 5.75 Å². The summed E-state index contributed by atoms with van der Waals surface area (Å²) in [7, 11) is 0. The van der Waals surface area contributed by atoms with Gasteiger partial charge in [-0.2, -0.15) is 0 Å². The first-order chi connectivity index (χ1) is 12.8. The maximum absolute atomic E-state index is 12.6. The predicted molar refractivity (Wildman–Crippen MR) is 101 cm³/mol. The largest absolute Gasteiger partial charge is 0.485 e. The summed E-state index contributed by atoms with van der Waals surface area (Å²) in [5.41, 5.74) is 2.52. The van der Waals surface area contributed by atoms with E-state index < -0.39 is 0 Å². The number of hydrogen-bond acceptors (Lipinski definition) is 3. The molecule has 0 aliphatic rings. The molecule has 0 spiro atoms. The summed E-state index contributed by atoms with van der Waals surface area (Å²) in [5.74, 6) is 0.704. The highest BCUT2D eigenvalue weighted by molar-refractivity contribution is 6.06. The SMILES string of the molecule is O=C(Nc1ncccc1OCc1ccccc1)c1ccc2cc[nH]c2c1. The number of aromatic nitrogens is 2. The predicted octanol–water partition coefficient (Wildman–Crippen LogP) is 4.39. The van der Waals surface area contributed by atoms with Gasteiger partial charge in [0, 0.05) is 23.5 Å². The molecule has 2 N–H and O–H groups in total. The second-order valence-electron chi connectivity index (χ2n) is 5.86. The molecule has 0 radical (unpaired) electrons. The number of nitrogens with one attached hydrogen (secondary N) is 2. The van der Waals surface area contributed by atoms with Gasteiger partial charge in [-0.05, 0) is 41.3 Å². The number of fused-ring (bicyclic) bond motifs is 1. The van der Waals surface area contributed by atoms with Crippen LogP contribution >= 0.6 is 0 Å². The zero-order valence-electron chi connectivity index (χ0n) is 14.0. The van der Waals surface area contributed by atoms with E-state index in [4.69, 9.17) is 4.74 Å². The van der Waals surface area contributed by atoms with Crippen LogP contribution in [0.3, 0.4) is 0 Å². The summed E-state index contributed by atoms with van der Waals surface area (Å²) in [6.45, 7) is 0.407. The average Bonchev–Trinajstić information content (AvgIpc) is 3.16. The normalized spacial score (nSPS) is 10.6. The van der Waals surface area contributed by atoms with Crippen molar-refractivity contribution in [1.29, 1.82) is 0 Å². The Morgan fingerprint density at radius 2 is 1.92 bits per heavy atom. The van der Waals surface area contributed by atoms with Gasteiger partial charge in [-0.15, -0.1) is 0 Å². The van der Waals surface area contributed by atoms with Crippen LogP contribution in [0.1, 0.15) is 15.9 Å². The molecule has 5 heteroatoms. The van der Waals surface area contributed by atoms with E-state index in [0.717, 1.165) is 16.5 Å². The molecule has 5 nitrogen and oxygen atoms in total. The number of pyridine rings is 1. The molecule has 1 amide bonds. The van der Waals surface area contributed by atoms with Gasteiger partial charge in [-0.25, -0.2) is 4.98 Å². The van der Waals surface area contributed by atoms with Gasteiger partial charge >= 0.3 is 0 Å². The number of nitrogens with zero attached hydrogens (tertiary/aromatic N) is 1. The van der Waals surface area contributed by atoms with Crippen molar-refractivity contribution in [2.45, 2.75) is 6.61 Å². The summed E-state index contributed by atoms with van der Waals surface area (Å²) in [4.78, 5) is 19.9. The maximum atomic E-state index is 12.6. The van der Waals surface area contributed by atoms with E-state index in [9.17, 15) is 4.79 Å². The van der Waals surface area contributed by atoms with Crippen molar-refractivity contribution in [3.8, 4) is 5.75 Å². The molecule has 4 rings (SSSR count). The monoisotopic (exact) mass is 343 g/mol. The summed E-state index contributed by atoms with van der Waals surface area (Å²) in [6.07, 6.45) is 3.47. The zero-order valence-corrected chi connectivity index (χ0v) is 14.0. The van der Waals surface area contributed by atoms with Crippen LogP contribution in [0.25, 0.3) is 10.9 Å². The van der Waals surface area contributed by atoms with Gasteiger partial charge in [0.2, 0.25) is 0 Å². The minimum absolute atomic E-state index is 0.232. The molecule has 0 saturated carbocycles. The van der Waals surface area contributed by atoms with Crippen LogP contribution in [-0.4, -0.2) is 15.9 Å². The summed E-state index contributed by atoms with van der Waals surface area (Å²) >= 11 is 0. The highest BCUT2D eigenvalue weighted by Gasteiger charge is 2.12.